The fourth-order valence-electron chi connectivity index (χ4n) is 4.67. The Morgan fingerprint density at radius 1 is 1.11 bits per heavy atom. The predicted molar refractivity (Wildman–Crippen MR) is 131 cm³/mol. The minimum atomic E-state index is -4.61. The summed E-state index contributed by atoms with van der Waals surface area (Å²) >= 11 is 0.803. The van der Waals surface area contributed by atoms with Crippen molar-refractivity contribution in [3.05, 3.63) is 71.5 Å². The first-order chi connectivity index (χ1) is 17.7. The summed E-state index contributed by atoms with van der Waals surface area (Å²) in [4.78, 5) is 8.28. The molecule has 4 aromatic rings. The minimum absolute atomic E-state index is 0.0382. The molecule has 0 radical (unpaired) electrons. The van der Waals surface area contributed by atoms with Gasteiger partial charge in [-0.3, -0.25) is 0 Å². The van der Waals surface area contributed by atoms with Gasteiger partial charge in [-0.1, -0.05) is 24.3 Å². The Hall–Kier alpha value is -3.06. The normalized spacial score (nSPS) is 18.0. The first-order valence-electron chi connectivity index (χ1n) is 11.5. The van der Waals surface area contributed by atoms with Gasteiger partial charge in [0.2, 0.25) is 0 Å². The Balaban J connectivity index is 1.49. The van der Waals surface area contributed by atoms with E-state index in [-0.39, 0.29) is 21.1 Å². The standard InChI is InChI=1S/C25H20F3N3O4S2/c26-25(27,28)21-15-36-23(30-21)20-14-31(37(32,33)18-4-2-1-3-5-18)22-19(20)12-17(13-29-22)16-6-8-24(9-7-16)34-10-11-35-24/h1-6,12-15H,7-11H2. The number of aromatic nitrogens is 3. The number of halogens is 3. The number of ether oxygens (including phenoxy) is 2. The molecular formula is C25H20F3N3O4S2. The molecule has 2 aliphatic rings. The van der Waals surface area contributed by atoms with E-state index in [0.29, 0.717) is 37.9 Å². The lowest BCUT2D eigenvalue weighted by atomic mass is 9.90. The molecule has 12 heteroatoms. The van der Waals surface area contributed by atoms with Crippen LogP contribution >= 0.6 is 11.3 Å². The molecule has 0 bridgehead atoms. The molecule has 0 atom stereocenters. The Bertz CT molecular complexity index is 1620. The molecular weight excluding hydrogens is 527 g/mol. The molecule has 1 aliphatic carbocycles. The first kappa shape index (κ1) is 24.3. The van der Waals surface area contributed by atoms with Crippen molar-refractivity contribution < 1.29 is 31.1 Å². The number of pyridine rings is 1. The maximum absolute atomic E-state index is 13.5. The third-order valence-corrected chi connectivity index (χ3v) is 9.10. The molecule has 3 aromatic heterocycles. The number of hydrogen-bond donors (Lipinski definition) is 0. The maximum atomic E-state index is 13.5. The summed E-state index contributed by atoms with van der Waals surface area (Å²) in [5.41, 5.74) is 1.09. The van der Waals surface area contributed by atoms with E-state index in [4.69, 9.17) is 9.47 Å². The second-order valence-electron chi connectivity index (χ2n) is 8.83. The van der Waals surface area contributed by atoms with E-state index in [1.165, 1.54) is 18.3 Å². The monoisotopic (exact) mass is 547 g/mol. The fraction of sp³-hybridized carbons (Fsp3) is 0.280. The van der Waals surface area contributed by atoms with Crippen LogP contribution in [-0.4, -0.2) is 41.4 Å². The molecule has 0 N–H and O–H groups in total. The molecule has 0 saturated carbocycles. The van der Waals surface area contributed by atoms with Crippen LogP contribution in [0.4, 0.5) is 13.2 Å². The number of rotatable bonds is 4. The molecule has 7 nitrogen and oxygen atoms in total. The van der Waals surface area contributed by atoms with Crippen molar-refractivity contribution in [2.75, 3.05) is 13.2 Å². The zero-order valence-electron chi connectivity index (χ0n) is 19.2. The van der Waals surface area contributed by atoms with Crippen molar-refractivity contribution in [1.29, 1.82) is 0 Å². The molecule has 0 unspecified atom stereocenters. The number of nitrogens with zero attached hydrogens (tertiary/aromatic N) is 3. The van der Waals surface area contributed by atoms with Crippen molar-refractivity contribution in [3.63, 3.8) is 0 Å². The Kier molecular flexibility index (Phi) is 5.75. The topological polar surface area (TPSA) is 83.3 Å². The molecule has 37 heavy (non-hydrogen) atoms. The second-order valence-corrected chi connectivity index (χ2v) is 11.5. The lowest BCUT2D eigenvalue weighted by molar-refractivity contribution is -0.159. The molecule has 6 rings (SSSR count). The van der Waals surface area contributed by atoms with E-state index in [1.54, 1.807) is 30.5 Å². The lowest BCUT2D eigenvalue weighted by Gasteiger charge is -2.30. The quantitative estimate of drug-likeness (QED) is 0.325. The fourth-order valence-corrected chi connectivity index (χ4v) is 6.87. The van der Waals surface area contributed by atoms with Gasteiger partial charge in [0.1, 0.15) is 5.01 Å². The molecule has 1 aromatic carbocycles. The highest BCUT2D eigenvalue weighted by Gasteiger charge is 2.38. The Morgan fingerprint density at radius 3 is 2.51 bits per heavy atom. The van der Waals surface area contributed by atoms with E-state index in [9.17, 15) is 21.6 Å². The van der Waals surface area contributed by atoms with Gasteiger partial charge in [0.05, 0.1) is 18.1 Å². The van der Waals surface area contributed by atoms with E-state index < -0.39 is 27.7 Å². The average molecular weight is 548 g/mol. The number of alkyl halides is 3. The zero-order valence-corrected chi connectivity index (χ0v) is 20.9. The number of thiazole rings is 1. The minimum Gasteiger partial charge on any atom is -0.347 e. The highest BCUT2D eigenvalue weighted by Crippen LogP contribution is 2.41. The van der Waals surface area contributed by atoms with Crippen LogP contribution in [0.25, 0.3) is 27.2 Å². The Labute approximate surface area is 214 Å². The van der Waals surface area contributed by atoms with Crippen LogP contribution in [0.1, 0.15) is 30.5 Å². The Morgan fingerprint density at radius 2 is 1.86 bits per heavy atom. The van der Waals surface area contributed by atoms with Crippen LogP contribution in [-0.2, 0) is 25.7 Å². The van der Waals surface area contributed by atoms with Crippen molar-refractivity contribution >= 4 is 38.0 Å². The van der Waals surface area contributed by atoms with Gasteiger partial charge in [-0.2, -0.15) is 13.2 Å². The zero-order chi connectivity index (χ0) is 25.8. The smallest absolute Gasteiger partial charge is 0.347 e. The van der Waals surface area contributed by atoms with Gasteiger partial charge in [0.25, 0.3) is 10.0 Å². The van der Waals surface area contributed by atoms with Crippen LogP contribution in [0.5, 0.6) is 0 Å². The van der Waals surface area contributed by atoms with Crippen LogP contribution < -0.4 is 0 Å². The second kappa shape index (κ2) is 8.76. The van der Waals surface area contributed by atoms with Crippen molar-refractivity contribution in [3.8, 4) is 10.6 Å². The molecule has 1 saturated heterocycles. The SMILES string of the molecule is O=S(=O)(c1ccccc1)n1cc(-c2nc(C(F)(F)F)cs2)c2cc(C3=CCC4(CC3)OCCO4)cnc21. The highest BCUT2D eigenvalue weighted by atomic mass is 32.2. The summed E-state index contributed by atoms with van der Waals surface area (Å²) in [6.07, 6.45) is 2.17. The van der Waals surface area contributed by atoms with Gasteiger partial charge in [-0.25, -0.2) is 22.4 Å². The average Bonchev–Trinajstić information content (AvgIpc) is 3.63. The maximum Gasteiger partial charge on any atom is 0.434 e. The van der Waals surface area contributed by atoms with Crippen molar-refractivity contribution in [2.24, 2.45) is 0 Å². The number of fused-ring (bicyclic) bond motifs is 1. The van der Waals surface area contributed by atoms with Gasteiger partial charge in [0.15, 0.2) is 17.1 Å². The predicted octanol–water partition coefficient (Wildman–Crippen LogP) is 5.73. The van der Waals surface area contributed by atoms with Crippen LogP contribution in [0.2, 0.25) is 0 Å². The molecule has 1 spiro atoms. The number of hydrogen-bond acceptors (Lipinski definition) is 7. The summed E-state index contributed by atoms with van der Waals surface area (Å²) in [5, 5.41) is 1.38. The van der Waals surface area contributed by atoms with Gasteiger partial charge in [-0.05, 0) is 35.8 Å². The van der Waals surface area contributed by atoms with E-state index in [2.05, 4.69) is 9.97 Å². The summed E-state index contributed by atoms with van der Waals surface area (Å²) in [7, 11) is -4.07. The molecule has 4 heterocycles. The van der Waals surface area contributed by atoms with Gasteiger partial charge < -0.3 is 9.47 Å². The largest absolute Gasteiger partial charge is 0.434 e. The van der Waals surface area contributed by atoms with E-state index in [1.807, 2.05) is 6.08 Å². The first-order valence-corrected chi connectivity index (χ1v) is 13.8. The van der Waals surface area contributed by atoms with Gasteiger partial charge in [-0.15, -0.1) is 11.3 Å². The van der Waals surface area contributed by atoms with E-state index >= 15 is 0 Å². The van der Waals surface area contributed by atoms with Gasteiger partial charge >= 0.3 is 6.18 Å². The highest BCUT2D eigenvalue weighted by molar-refractivity contribution is 7.90. The summed E-state index contributed by atoms with van der Waals surface area (Å²) in [5.74, 6) is -0.603. The number of benzene rings is 1. The van der Waals surface area contributed by atoms with Crippen molar-refractivity contribution in [2.45, 2.75) is 36.1 Å². The van der Waals surface area contributed by atoms with Crippen LogP contribution in [0.15, 0.2) is 65.1 Å². The summed E-state index contributed by atoms with van der Waals surface area (Å²) < 4.78 is 79.4. The molecule has 192 valence electrons. The third-order valence-electron chi connectivity index (χ3n) is 6.56. The van der Waals surface area contributed by atoms with E-state index in [0.717, 1.165) is 31.8 Å². The van der Waals surface area contributed by atoms with Gasteiger partial charge in [0, 0.05) is 41.6 Å². The molecule has 1 fully saturated rings. The number of allylic oxidation sites excluding steroid dienone is 1. The lowest BCUT2D eigenvalue weighted by Crippen LogP contribution is -2.31. The molecule has 0 amide bonds. The molecule has 1 aliphatic heterocycles. The summed E-state index contributed by atoms with van der Waals surface area (Å²) in [6.45, 7) is 1.11. The van der Waals surface area contributed by atoms with Crippen LogP contribution in [0, 0.1) is 0 Å². The third kappa shape index (κ3) is 4.27. The summed E-state index contributed by atoms with van der Waals surface area (Å²) in [6, 6.07) is 9.57. The van der Waals surface area contributed by atoms with Crippen molar-refractivity contribution in [1.82, 2.24) is 13.9 Å². The van der Waals surface area contributed by atoms with Crippen LogP contribution in [0.3, 0.4) is 0 Å².